The number of fused-ring (bicyclic) bond motifs is 1. The van der Waals surface area contributed by atoms with Crippen molar-refractivity contribution in [3.63, 3.8) is 0 Å². The molecule has 2 aliphatic rings. The van der Waals surface area contributed by atoms with Crippen molar-refractivity contribution < 1.29 is 9.59 Å². The minimum atomic E-state index is -0.141. The van der Waals surface area contributed by atoms with Crippen molar-refractivity contribution in [3.8, 4) is 0 Å². The topological polar surface area (TPSA) is 64.7 Å². The van der Waals surface area contributed by atoms with E-state index in [0.717, 1.165) is 31.9 Å². The second-order valence-electron chi connectivity index (χ2n) is 5.07. The third-order valence-electron chi connectivity index (χ3n) is 3.64. The fourth-order valence-electron chi connectivity index (χ4n) is 2.60. The highest BCUT2D eigenvalue weighted by Crippen LogP contribution is 2.28. The lowest BCUT2D eigenvalue weighted by Crippen LogP contribution is -2.50. The van der Waals surface area contributed by atoms with Gasteiger partial charge in [0.2, 0.25) is 11.8 Å². The molecule has 0 radical (unpaired) electrons. The van der Waals surface area contributed by atoms with Crippen LogP contribution in [0, 0.1) is 0 Å². The van der Waals surface area contributed by atoms with Gasteiger partial charge in [-0.05, 0) is 12.1 Å². The number of carbonyl (C=O) groups is 2. The molecular formula is C14H18N4O2. The zero-order valence-electron chi connectivity index (χ0n) is 11.3. The predicted molar refractivity (Wildman–Crippen MR) is 76.7 cm³/mol. The number of nitrogens with zero attached hydrogens (tertiary/aromatic N) is 2. The summed E-state index contributed by atoms with van der Waals surface area (Å²) < 4.78 is 0. The summed E-state index contributed by atoms with van der Waals surface area (Å²) in [5.74, 6) is -0.161. The highest BCUT2D eigenvalue weighted by atomic mass is 16.2. The van der Waals surface area contributed by atoms with Crippen molar-refractivity contribution >= 4 is 23.2 Å². The molecule has 1 saturated heterocycles. The van der Waals surface area contributed by atoms with Crippen LogP contribution in [-0.2, 0) is 9.59 Å². The van der Waals surface area contributed by atoms with Crippen LogP contribution in [0.3, 0.4) is 0 Å². The Morgan fingerprint density at radius 2 is 1.95 bits per heavy atom. The fourth-order valence-corrected chi connectivity index (χ4v) is 2.60. The second-order valence-corrected chi connectivity index (χ2v) is 5.07. The molecule has 2 aliphatic heterocycles. The minimum Gasteiger partial charge on any atom is -0.323 e. The molecule has 0 atom stereocenters. The number of piperazine rings is 1. The van der Waals surface area contributed by atoms with Crippen LogP contribution in [0.15, 0.2) is 24.3 Å². The van der Waals surface area contributed by atoms with E-state index in [1.165, 1.54) is 0 Å². The van der Waals surface area contributed by atoms with Gasteiger partial charge in [0.25, 0.3) is 0 Å². The van der Waals surface area contributed by atoms with E-state index in [0.29, 0.717) is 12.2 Å². The standard InChI is InChI=1S/C14H18N4O2/c19-13-9-18(12-4-2-1-3-11(12)16-13)14(20)10-17-7-5-15-6-8-17/h1-4,15H,5-10H2,(H,16,19). The normalized spacial score (nSPS) is 19.4. The van der Waals surface area contributed by atoms with Crippen molar-refractivity contribution in [3.05, 3.63) is 24.3 Å². The average Bonchev–Trinajstić information content (AvgIpc) is 2.47. The molecule has 20 heavy (non-hydrogen) atoms. The number of carbonyl (C=O) groups excluding carboxylic acids is 2. The zero-order valence-corrected chi connectivity index (χ0v) is 11.3. The molecule has 106 valence electrons. The molecule has 2 heterocycles. The quantitative estimate of drug-likeness (QED) is 0.789. The van der Waals surface area contributed by atoms with Gasteiger partial charge < -0.3 is 10.6 Å². The maximum absolute atomic E-state index is 12.5. The molecule has 0 aromatic heterocycles. The Morgan fingerprint density at radius 3 is 2.75 bits per heavy atom. The van der Waals surface area contributed by atoms with Gasteiger partial charge in [-0.1, -0.05) is 12.1 Å². The van der Waals surface area contributed by atoms with Gasteiger partial charge in [-0.2, -0.15) is 0 Å². The van der Waals surface area contributed by atoms with Crippen molar-refractivity contribution in [2.75, 3.05) is 49.5 Å². The van der Waals surface area contributed by atoms with Gasteiger partial charge in [-0.15, -0.1) is 0 Å². The molecule has 0 saturated carbocycles. The molecule has 6 nitrogen and oxygen atoms in total. The van der Waals surface area contributed by atoms with E-state index in [2.05, 4.69) is 15.5 Å². The third kappa shape index (κ3) is 2.66. The molecule has 1 aromatic rings. The monoisotopic (exact) mass is 274 g/mol. The molecule has 3 rings (SSSR count). The van der Waals surface area contributed by atoms with E-state index in [1.807, 2.05) is 24.3 Å². The van der Waals surface area contributed by atoms with E-state index in [4.69, 9.17) is 0 Å². The number of para-hydroxylation sites is 2. The van der Waals surface area contributed by atoms with Crippen LogP contribution in [0.4, 0.5) is 11.4 Å². The summed E-state index contributed by atoms with van der Waals surface area (Å²) in [4.78, 5) is 27.9. The maximum Gasteiger partial charge on any atom is 0.244 e. The van der Waals surface area contributed by atoms with E-state index in [9.17, 15) is 9.59 Å². The summed E-state index contributed by atoms with van der Waals surface area (Å²) in [6, 6.07) is 7.41. The van der Waals surface area contributed by atoms with Gasteiger partial charge in [0.05, 0.1) is 17.9 Å². The fraction of sp³-hybridized carbons (Fsp3) is 0.429. The molecule has 1 fully saturated rings. The second kappa shape index (κ2) is 5.60. The first-order valence-corrected chi connectivity index (χ1v) is 6.86. The van der Waals surface area contributed by atoms with Gasteiger partial charge in [0.15, 0.2) is 0 Å². The lowest BCUT2D eigenvalue weighted by atomic mass is 10.2. The largest absolute Gasteiger partial charge is 0.323 e. The SMILES string of the molecule is O=C1CN(C(=O)CN2CCNCC2)c2ccccc2N1. The molecule has 2 N–H and O–H groups in total. The molecule has 0 bridgehead atoms. The van der Waals surface area contributed by atoms with Crippen molar-refractivity contribution in [2.24, 2.45) is 0 Å². The lowest BCUT2D eigenvalue weighted by Gasteiger charge is -2.32. The van der Waals surface area contributed by atoms with Gasteiger partial charge >= 0.3 is 0 Å². The van der Waals surface area contributed by atoms with E-state index in [-0.39, 0.29) is 18.4 Å². The molecular weight excluding hydrogens is 256 g/mol. The Kier molecular flexibility index (Phi) is 3.66. The van der Waals surface area contributed by atoms with Gasteiger partial charge in [-0.25, -0.2) is 0 Å². The van der Waals surface area contributed by atoms with Crippen molar-refractivity contribution in [1.29, 1.82) is 0 Å². The summed E-state index contributed by atoms with van der Waals surface area (Å²) in [6.45, 7) is 4.01. The van der Waals surface area contributed by atoms with Crippen LogP contribution in [0.1, 0.15) is 0 Å². The molecule has 0 spiro atoms. The summed E-state index contributed by atoms with van der Waals surface area (Å²) in [5.41, 5.74) is 1.49. The number of rotatable bonds is 2. The van der Waals surface area contributed by atoms with Crippen LogP contribution in [-0.4, -0.2) is 56.0 Å². The Morgan fingerprint density at radius 1 is 1.20 bits per heavy atom. The first-order chi connectivity index (χ1) is 9.74. The summed E-state index contributed by atoms with van der Waals surface area (Å²) >= 11 is 0. The summed E-state index contributed by atoms with van der Waals surface area (Å²) in [5, 5.41) is 6.05. The Labute approximate surface area is 117 Å². The number of benzene rings is 1. The average molecular weight is 274 g/mol. The van der Waals surface area contributed by atoms with E-state index in [1.54, 1.807) is 4.90 Å². The highest BCUT2D eigenvalue weighted by Gasteiger charge is 2.27. The van der Waals surface area contributed by atoms with Gasteiger partial charge in [0, 0.05) is 26.2 Å². The first kappa shape index (κ1) is 13.1. The van der Waals surface area contributed by atoms with Gasteiger partial charge in [-0.3, -0.25) is 19.4 Å². The smallest absolute Gasteiger partial charge is 0.244 e. The van der Waals surface area contributed by atoms with Crippen molar-refractivity contribution in [2.45, 2.75) is 0 Å². The van der Waals surface area contributed by atoms with Crippen LogP contribution in [0.5, 0.6) is 0 Å². The van der Waals surface area contributed by atoms with Gasteiger partial charge in [0.1, 0.15) is 6.54 Å². The van der Waals surface area contributed by atoms with Crippen molar-refractivity contribution in [1.82, 2.24) is 10.2 Å². The van der Waals surface area contributed by atoms with Crippen LogP contribution < -0.4 is 15.5 Å². The third-order valence-corrected chi connectivity index (χ3v) is 3.64. The highest BCUT2D eigenvalue weighted by molar-refractivity contribution is 6.10. The minimum absolute atomic E-state index is 0.0193. The first-order valence-electron chi connectivity index (χ1n) is 6.86. The Bertz CT molecular complexity index is 526. The maximum atomic E-state index is 12.5. The number of hydrogen-bond donors (Lipinski definition) is 2. The number of amides is 2. The number of anilines is 2. The molecule has 1 aromatic carbocycles. The molecule has 0 aliphatic carbocycles. The zero-order chi connectivity index (χ0) is 13.9. The molecule has 2 amide bonds. The lowest BCUT2D eigenvalue weighted by molar-refractivity contribution is -0.122. The van der Waals surface area contributed by atoms with Crippen LogP contribution >= 0.6 is 0 Å². The number of hydrogen-bond acceptors (Lipinski definition) is 4. The Balaban J connectivity index is 1.75. The predicted octanol–water partition coefficient (Wildman–Crippen LogP) is -0.123. The summed E-state index contributed by atoms with van der Waals surface area (Å²) in [6.07, 6.45) is 0. The van der Waals surface area contributed by atoms with E-state index < -0.39 is 0 Å². The van der Waals surface area contributed by atoms with Crippen LogP contribution in [0.25, 0.3) is 0 Å². The summed E-state index contributed by atoms with van der Waals surface area (Å²) in [7, 11) is 0. The molecule has 6 heteroatoms. The number of nitrogens with one attached hydrogen (secondary N) is 2. The van der Waals surface area contributed by atoms with Crippen LogP contribution in [0.2, 0.25) is 0 Å². The molecule has 0 unspecified atom stereocenters. The Hall–Kier alpha value is -1.92. The van der Waals surface area contributed by atoms with E-state index >= 15 is 0 Å².